The molecule has 5 heteroatoms. The van der Waals surface area contributed by atoms with E-state index in [9.17, 15) is 4.79 Å². The van der Waals surface area contributed by atoms with Crippen LogP contribution < -0.4 is 11.1 Å². The molecule has 112 valence electrons. The van der Waals surface area contributed by atoms with Gasteiger partial charge in [0.25, 0.3) is 0 Å². The van der Waals surface area contributed by atoms with Gasteiger partial charge in [0, 0.05) is 13.1 Å². The lowest BCUT2D eigenvalue weighted by Crippen LogP contribution is -2.38. The summed E-state index contributed by atoms with van der Waals surface area (Å²) in [5, 5.41) is 3.05. The van der Waals surface area contributed by atoms with E-state index in [-0.39, 0.29) is 30.5 Å². The summed E-state index contributed by atoms with van der Waals surface area (Å²) in [6.07, 6.45) is 6.68. The maximum Gasteiger partial charge on any atom is 0.249 e. The molecule has 2 unspecified atom stereocenters. The Morgan fingerprint density at radius 3 is 2.74 bits per heavy atom. The molecule has 2 fully saturated rings. The lowest BCUT2D eigenvalue weighted by molar-refractivity contribution is -0.132. The topological polar surface area (TPSA) is 64.4 Å². The highest BCUT2D eigenvalue weighted by Crippen LogP contribution is 2.28. The molecular weight excluding hydrogens is 264 g/mol. The Kier molecular flexibility index (Phi) is 7.11. The molecule has 4 atom stereocenters. The molecule has 2 rings (SSSR count). The Morgan fingerprint density at radius 2 is 2.11 bits per heavy atom. The normalized spacial score (nSPS) is 34.6. The van der Waals surface area contributed by atoms with E-state index in [2.05, 4.69) is 12.2 Å². The summed E-state index contributed by atoms with van der Waals surface area (Å²) in [5.74, 6) is 1.53. The van der Waals surface area contributed by atoms with Crippen molar-refractivity contribution >= 4 is 18.3 Å². The second-order valence-corrected chi connectivity index (χ2v) is 5.94. The molecule has 1 saturated heterocycles. The van der Waals surface area contributed by atoms with Gasteiger partial charge in [0.15, 0.2) is 0 Å². The second-order valence-electron chi connectivity index (χ2n) is 5.94. The van der Waals surface area contributed by atoms with Gasteiger partial charge in [0.05, 0.1) is 6.10 Å². The number of carbonyl (C=O) groups excluding carboxylic acids is 1. The molecule has 1 heterocycles. The van der Waals surface area contributed by atoms with E-state index in [4.69, 9.17) is 10.5 Å². The highest BCUT2D eigenvalue weighted by atomic mass is 35.5. The highest BCUT2D eigenvalue weighted by molar-refractivity contribution is 5.85. The van der Waals surface area contributed by atoms with Crippen LogP contribution in [-0.4, -0.2) is 31.2 Å². The molecule has 1 aliphatic heterocycles. The first-order valence-electron chi connectivity index (χ1n) is 7.32. The first-order chi connectivity index (χ1) is 8.69. The van der Waals surface area contributed by atoms with Crippen LogP contribution in [0.3, 0.4) is 0 Å². The van der Waals surface area contributed by atoms with Crippen molar-refractivity contribution in [2.45, 2.75) is 57.7 Å². The molecule has 0 aromatic carbocycles. The van der Waals surface area contributed by atoms with Gasteiger partial charge < -0.3 is 15.8 Å². The number of hydrogen-bond acceptors (Lipinski definition) is 3. The van der Waals surface area contributed by atoms with Crippen LogP contribution in [0.25, 0.3) is 0 Å². The van der Waals surface area contributed by atoms with Crippen LogP contribution in [0.1, 0.15) is 45.4 Å². The average Bonchev–Trinajstić information content (AvgIpc) is 2.85. The Balaban J connectivity index is 0.00000180. The van der Waals surface area contributed by atoms with Crippen molar-refractivity contribution < 1.29 is 9.53 Å². The Morgan fingerprint density at radius 1 is 1.32 bits per heavy atom. The predicted octanol–water partition coefficient (Wildman–Crippen LogP) is 1.86. The van der Waals surface area contributed by atoms with Gasteiger partial charge in [0.2, 0.25) is 5.91 Å². The quantitative estimate of drug-likeness (QED) is 0.831. The van der Waals surface area contributed by atoms with Crippen LogP contribution in [0.2, 0.25) is 0 Å². The molecule has 0 bridgehead atoms. The van der Waals surface area contributed by atoms with Crippen LogP contribution in [0.15, 0.2) is 0 Å². The predicted molar refractivity (Wildman–Crippen MR) is 78.3 cm³/mol. The number of amides is 1. The molecule has 1 amide bonds. The summed E-state index contributed by atoms with van der Waals surface area (Å²) in [4.78, 5) is 12.0. The van der Waals surface area contributed by atoms with Crippen LogP contribution in [0.4, 0.5) is 0 Å². The zero-order chi connectivity index (χ0) is 13.0. The fourth-order valence-electron chi connectivity index (χ4n) is 3.18. The van der Waals surface area contributed by atoms with Gasteiger partial charge in [-0.05, 0) is 37.5 Å². The molecular formula is C14H27ClN2O2. The van der Waals surface area contributed by atoms with E-state index >= 15 is 0 Å². The van der Waals surface area contributed by atoms with Crippen LogP contribution in [0, 0.1) is 11.8 Å². The Bertz CT molecular complexity index is 289. The van der Waals surface area contributed by atoms with Crippen molar-refractivity contribution in [3.8, 4) is 0 Å². The van der Waals surface area contributed by atoms with Crippen LogP contribution in [0.5, 0.6) is 0 Å². The van der Waals surface area contributed by atoms with Gasteiger partial charge in [-0.3, -0.25) is 4.79 Å². The smallest absolute Gasteiger partial charge is 0.249 e. The molecule has 1 saturated carbocycles. The summed E-state index contributed by atoms with van der Waals surface area (Å²) in [5.41, 5.74) is 5.55. The fraction of sp³-hybridized carbons (Fsp3) is 0.929. The highest BCUT2D eigenvalue weighted by Gasteiger charge is 2.30. The van der Waals surface area contributed by atoms with E-state index in [1.165, 1.54) is 25.7 Å². The molecule has 0 aromatic rings. The van der Waals surface area contributed by atoms with Crippen molar-refractivity contribution in [1.29, 1.82) is 0 Å². The summed E-state index contributed by atoms with van der Waals surface area (Å²) in [7, 11) is 0. The SMILES string of the molecule is CC1CCCC(CNC(=O)[C@@H]2CC[C@H](CN)O2)C1.Cl. The number of carbonyl (C=O) groups is 1. The van der Waals surface area contributed by atoms with E-state index in [1.807, 2.05) is 0 Å². The second kappa shape index (κ2) is 8.08. The molecule has 0 aromatic heterocycles. The fourth-order valence-corrected chi connectivity index (χ4v) is 3.18. The summed E-state index contributed by atoms with van der Waals surface area (Å²) in [6, 6.07) is 0. The van der Waals surface area contributed by atoms with Crippen molar-refractivity contribution in [3.05, 3.63) is 0 Å². The number of rotatable bonds is 4. The van der Waals surface area contributed by atoms with E-state index in [0.717, 1.165) is 25.3 Å². The zero-order valence-electron chi connectivity index (χ0n) is 11.8. The van der Waals surface area contributed by atoms with Crippen molar-refractivity contribution in [3.63, 3.8) is 0 Å². The molecule has 1 aliphatic carbocycles. The van der Waals surface area contributed by atoms with Gasteiger partial charge in [-0.15, -0.1) is 12.4 Å². The lowest BCUT2D eigenvalue weighted by Gasteiger charge is -2.27. The van der Waals surface area contributed by atoms with Gasteiger partial charge >= 0.3 is 0 Å². The van der Waals surface area contributed by atoms with Crippen molar-refractivity contribution in [2.24, 2.45) is 17.6 Å². The molecule has 2 aliphatic rings. The maximum absolute atomic E-state index is 12.0. The maximum atomic E-state index is 12.0. The first kappa shape index (κ1) is 16.7. The van der Waals surface area contributed by atoms with Crippen LogP contribution in [-0.2, 0) is 9.53 Å². The minimum Gasteiger partial charge on any atom is -0.364 e. The molecule has 3 N–H and O–H groups in total. The zero-order valence-corrected chi connectivity index (χ0v) is 12.6. The number of nitrogens with two attached hydrogens (primary N) is 1. The number of halogens is 1. The monoisotopic (exact) mass is 290 g/mol. The van der Waals surface area contributed by atoms with Crippen LogP contribution >= 0.6 is 12.4 Å². The largest absolute Gasteiger partial charge is 0.364 e. The third-order valence-corrected chi connectivity index (χ3v) is 4.27. The van der Waals surface area contributed by atoms with Gasteiger partial charge in [-0.25, -0.2) is 0 Å². The van der Waals surface area contributed by atoms with Crippen molar-refractivity contribution in [1.82, 2.24) is 5.32 Å². The number of nitrogens with one attached hydrogen (secondary N) is 1. The minimum absolute atomic E-state index is 0. The first-order valence-corrected chi connectivity index (χ1v) is 7.32. The lowest BCUT2D eigenvalue weighted by atomic mass is 9.82. The van der Waals surface area contributed by atoms with Gasteiger partial charge in [-0.1, -0.05) is 19.8 Å². The molecule has 4 nitrogen and oxygen atoms in total. The third kappa shape index (κ3) is 4.93. The molecule has 19 heavy (non-hydrogen) atoms. The number of hydrogen-bond donors (Lipinski definition) is 2. The summed E-state index contributed by atoms with van der Waals surface area (Å²) in [6.45, 7) is 3.64. The van der Waals surface area contributed by atoms with Gasteiger partial charge in [0.1, 0.15) is 6.10 Å². The Hall–Kier alpha value is -0.320. The van der Waals surface area contributed by atoms with Gasteiger partial charge in [-0.2, -0.15) is 0 Å². The molecule has 0 radical (unpaired) electrons. The van der Waals surface area contributed by atoms with E-state index in [1.54, 1.807) is 0 Å². The van der Waals surface area contributed by atoms with Crippen molar-refractivity contribution in [2.75, 3.05) is 13.1 Å². The van der Waals surface area contributed by atoms with E-state index < -0.39 is 0 Å². The summed E-state index contributed by atoms with van der Waals surface area (Å²) < 4.78 is 5.60. The Labute approximate surface area is 122 Å². The third-order valence-electron chi connectivity index (χ3n) is 4.27. The summed E-state index contributed by atoms with van der Waals surface area (Å²) >= 11 is 0. The van der Waals surface area contributed by atoms with E-state index in [0.29, 0.717) is 12.5 Å². The average molecular weight is 291 g/mol. The molecule has 0 spiro atoms. The standard InChI is InChI=1S/C14H26N2O2.ClH/c1-10-3-2-4-11(7-10)9-16-14(17)13-6-5-12(8-15)18-13;/h10-13H,2-9,15H2,1H3,(H,16,17);1H/t10?,11?,12-,13+;/m1./s1. The minimum atomic E-state index is -0.264. The number of ether oxygens (including phenoxy) is 1.